The molecule has 2 heteroatoms. The lowest BCUT2D eigenvalue weighted by Crippen LogP contribution is -2.30. The van der Waals surface area contributed by atoms with E-state index in [9.17, 15) is 0 Å². The third-order valence-electron chi connectivity index (χ3n) is 4.97. The molecule has 1 fully saturated rings. The third-order valence-corrected chi connectivity index (χ3v) is 5.55. The van der Waals surface area contributed by atoms with E-state index in [-0.39, 0.29) is 0 Å². The zero-order valence-electron chi connectivity index (χ0n) is 12.4. The van der Waals surface area contributed by atoms with Crippen LogP contribution in [0, 0.1) is 11.8 Å². The summed E-state index contributed by atoms with van der Waals surface area (Å²) in [6.45, 7) is 2.29. The lowest BCUT2D eigenvalue weighted by molar-refractivity contribution is 0.157. The Bertz CT molecular complexity index is 420. The average molecular weight is 293 g/mol. The summed E-state index contributed by atoms with van der Waals surface area (Å²) in [6.07, 6.45) is 9.03. The Kier molecular flexibility index (Phi) is 4.55. The number of benzene rings is 1. The van der Waals surface area contributed by atoms with Gasteiger partial charge in [0.05, 0.1) is 0 Å². The van der Waals surface area contributed by atoms with Crippen molar-refractivity contribution in [3.63, 3.8) is 0 Å². The van der Waals surface area contributed by atoms with Crippen molar-refractivity contribution in [1.29, 1.82) is 0 Å². The fourth-order valence-corrected chi connectivity index (χ4v) is 4.29. The first-order chi connectivity index (χ1) is 9.76. The van der Waals surface area contributed by atoms with Crippen molar-refractivity contribution in [3.05, 3.63) is 29.8 Å². The van der Waals surface area contributed by atoms with Crippen molar-refractivity contribution < 1.29 is 4.74 Å². The van der Waals surface area contributed by atoms with E-state index in [2.05, 4.69) is 31.2 Å². The van der Waals surface area contributed by atoms with Crippen LogP contribution in [0.5, 0.6) is 5.75 Å². The van der Waals surface area contributed by atoms with Gasteiger partial charge >= 0.3 is 0 Å². The van der Waals surface area contributed by atoms with Crippen LogP contribution in [-0.2, 0) is 6.42 Å². The molecule has 0 spiro atoms. The van der Waals surface area contributed by atoms with Crippen LogP contribution in [0.15, 0.2) is 24.3 Å². The van der Waals surface area contributed by atoms with Gasteiger partial charge in [0.2, 0.25) is 0 Å². The minimum absolute atomic E-state index is 0.346. The highest BCUT2D eigenvalue weighted by molar-refractivity contribution is 6.20. The van der Waals surface area contributed by atoms with Gasteiger partial charge in [-0.3, -0.25) is 0 Å². The van der Waals surface area contributed by atoms with Gasteiger partial charge in [-0.2, -0.15) is 0 Å². The summed E-state index contributed by atoms with van der Waals surface area (Å²) in [4.78, 5) is 0. The van der Waals surface area contributed by atoms with E-state index in [1.807, 2.05) is 0 Å². The summed E-state index contributed by atoms with van der Waals surface area (Å²) in [5.74, 6) is 2.62. The van der Waals surface area contributed by atoms with Crippen LogP contribution in [-0.4, -0.2) is 11.5 Å². The maximum absolute atomic E-state index is 6.58. The monoisotopic (exact) mass is 292 g/mol. The fourth-order valence-electron chi connectivity index (χ4n) is 3.96. The Hall–Kier alpha value is -0.690. The van der Waals surface area contributed by atoms with E-state index >= 15 is 0 Å². The first-order valence-electron chi connectivity index (χ1n) is 8.15. The molecule has 110 valence electrons. The zero-order chi connectivity index (χ0) is 13.9. The van der Waals surface area contributed by atoms with E-state index in [1.54, 1.807) is 0 Å². The van der Waals surface area contributed by atoms with Gasteiger partial charge in [-0.05, 0) is 49.1 Å². The van der Waals surface area contributed by atoms with Crippen LogP contribution in [0.2, 0.25) is 0 Å². The molecule has 1 nitrogen and oxygen atoms in total. The predicted molar refractivity (Wildman–Crippen MR) is 84.6 cm³/mol. The summed E-state index contributed by atoms with van der Waals surface area (Å²) in [5, 5.41) is 0.357. The quantitative estimate of drug-likeness (QED) is 0.693. The molecule has 0 aromatic heterocycles. The predicted octanol–water partition coefficient (Wildman–Crippen LogP) is 5.20. The molecule has 1 aliphatic heterocycles. The van der Waals surface area contributed by atoms with E-state index in [0.29, 0.717) is 17.4 Å². The molecule has 0 bridgehead atoms. The maximum Gasteiger partial charge on any atom is 0.123 e. The van der Waals surface area contributed by atoms with Crippen molar-refractivity contribution in [3.8, 4) is 5.75 Å². The summed E-state index contributed by atoms with van der Waals surface area (Å²) in [6, 6.07) is 8.44. The Morgan fingerprint density at radius 3 is 2.90 bits per heavy atom. The van der Waals surface area contributed by atoms with Crippen LogP contribution < -0.4 is 4.74 Å². The van der Waals surface area contributed by atoms with Crippen LogP contribution >= 0.6 is 11.6 Å². The molecule has 0 N–H and O–H groups in total. The molecular weight excluding hydrogens is 268 g/mol. The van der Waals surface area contributed by atoms with Gasteiger partial charge in [0, 0.05) is 11.8 Å². The van der Waals surface area contributed by atoms with Crippen molar-refractivity contribution in [2.75, 3.05) is 0 Å². The first kappa shape index (κ1) is 14.3. The number of rotatable bonds is 4. The molecule has 3 rings (SSSR count). The van der Waals surface area contributed by atoms with E-state index in [1.165, 1.54) is 37.7 Å². The SMILES string of the molecule is CCCC1CCC(Cl)C(CC2Cc3ccccc3O2)C1. The zero-order valence-corrected chi connectivity index (χ0v) is 13.1. The van der Waals surface area contributed by atoms with Crippen LogP contribution in [0.1, 0.15) is 51.0 Å². The van der Waals surface area contributed by atoms with Crippen molar-refractivity contribution in [2.24, 2.45) is 11.8 Å². The van der Waals surface area contributed by atoms with Gasteiger partial charge in [-0.15, -0.1) is 11.6 Å². The molecule has 1 aromatic carbocycles. The molecule has 4 unspecified atom stereocenters. The molecule has 0 amide bonds. The third kappa shape index (κ3) is 3.14. The minimum Gasteiger partial charge on any atom is -0.490 e. The Balaban J connectivity index is 1.58. The summed E-state index contributed by atoms with van der Waals surface area (Å²) >= 11 is 6.58. The van der Waals surface area contributed by atoms with E-state index < -0.39 is 0 Å². The topological polar surface area (TPSA) is 9.23 Å². The van der Waals surface area contributed by atoms with Crippen molar-refractivity contribution in [2.45, 2.75) is 63.4 Å². The maximum atomic E-state index is 6.58. The molecule has 1 heterocycles. The molecule has 20 heavy (non-hydrogen) atoms. The Morgan fingerprint density at radius 1 is 1.25 bits per heavy atom. The number of ether oxygens (including phenoxy) is 1. The second-order valence-corrected chi connectivity index (χ2v) is 7.09. The largest absolute Gasteiger partial charge is 0.490 e. The van der Waals surface area contributed by atoms with Crippen LogP contribution in [0.25, 0.3) is 0 Å². The van der Waals surface area contributed by atoms with Gasteiger partial charge in [0.1, 0.15) is 11.9 Å². The van der Waals surface area contributed by atoms with Gasteiger partial charge in [-0.1, -0.05) is 38.0 Å². The molecule has 1 saturated carbocycles. The molecule has 0 radical (unpaired) electrons. The number of hydrogen-bond donors (Lipinski definition) is 0. The lowest BCUT2D eigenvalue weighted by Gasteiger charge is -2.34. The van der Waals surface area contributed by atoms with E-state index in [0.717, 1.165) is 24.5 Å². The summed E-state index contributed by atoms with van der Waals surface area (Å²) in [5.41, 5.74) is 1.37. The smallest absolute Gasteiger partial charge is 0.123 e. The second kappa shape index (κ2) is 6.39. The number of fused-ring (bicyclic) bond motifs is 1. The first-order valence-corrected chi connectivity index (χ1v) is 8.58. The lowest BCUT2D eigenvalue weighted by atomic mass is 9.76. The highest BCUT2D eigenvalue weighted by Crippen LogP contribution is 2.40. The van der Waals surface area contributed by atoms with Gasteiger partial charge in [0.25, 0.3) is 0 Å². The summed E-state index contributed by atoms with van der Waals surface area (Å²) in [7, 11) is 0. The van der Waals surface area contributed by atoms with E-state index in [4.69, 9.17) is 16.3 Å². The Labute approximate surface area is 127 Å². The van der Waals surface area contributed by atoms with Crippen molar-refractivity contribution >= 4 is 11.6 Å². The molecule has 0 saturated heterocycles. The van der Waals surface area contributed by atoms with Crippen LogP contribution in [0.4, 0.5) is 0 Å². The van der Waals surface area contributed by atoms with Gasteiger partial charge in [0.15, 0.2) is 0 Å². The van der Waals surface area contributed by atoms with Crippen molar-refractivity contribution in [1.82, 2.24) is 0 Å². The normalized spacial score (nSPS) is 32.7. The number of halogens is 1. The number of para-hydroxylation sites is 1. The highest BCUT2D eigenvalue weighted by Gasteiger charge is 2.33. The molecule has 1 aliphatic carbocycles. The fraction of sp³-hybridized carbons (Fsp3) is 0.667. The van der Waals surface area contributed by atoms with Crippen LogP contribution in [0.3, 0.4) is 0 Å². The Morgan fingerprint density at radius 2 is 2.10 bits per heavy atom. The number of hydrogen-bond acceptors (Lipinski definition) is 1. The molecule has 1 aromatic rings. The standard InChI is InChI=1S/C18H25ClO/c1-2-5-13-8-9-17(19)15(10-13)12-16-11-14-6-3-4-7-18(14)20-16/h3-4,6-7,13,15-17H,2,5,8-12H2,1H3. The minimum atomic E-state index is 0.346. The molecular formula is C18H25ClO. The molecule has 4 atom stereocenters. The summed E-state index contributed by atoms with van der Waals surface area (Å²) < 4.78 is 6.09. The molecule has 2 aliphatic rings. The van der Waals surface area contributed by atoms with Gasteiger partial charge in [-0.25, -0.2) is 0 Å². The number of alkyl halides is 1. The second-order valence-electron chi connectivity index (χ2n) is 6.53. The van der Waals surface area contributed by atoms with Gasteiger partial charge < -0.3 is 4.74 Å². The highest BCUT2D eigenvalue weighted by atomic mass is 35.5. The average Bonchev–Trinajstić information content (AvgIpc) is 2.85.